The maximum absolute atomic E-state index is 4.12. The molecular formula is C20H18. The first-order chi connectivity index (χ1) is 9.66. The van der Waals surface area contributed by atoms with Crippen LogP contribution in [0.4, 0.5) is 0 Å². The Labute approximate surface area is 120 Å². The lowest BCUT2D eigenvalue weighted by atomic mass is 9.91. The number of benzene rings is 3. The minimum absolute atomic E-state index is 1.10. The molecule has 0 aliphatic heterocycles. The molecule has 0 aliphatic carbocycles. The molecular weight excluding hydrogens is 240 g/mol. The van der Waals surface area contributed by atoms with Gasteiger partial charge in [-0.25, -0.2) is 0 Å². The normalized spacial score (nSPS) is 10.7. The molecule has 0 saturated heterocycles. The fourth-order valence-electron chi connectivity index (χ4n) is 2.71. The summed E-state index contributed by atoms with van der Waals surface area (Å²) in [5.74, 6) is 0. The lowest BCUT2D eigenvalue weighted by Crippen LogP contribution is -1.89. The van der Waals surface area contributed by atoms with Gasteiger partial charge in [-0.05, 0) is 41.3 Å². The second-order valence-electron chi connectivity index (χ2n) is 5.36. The van der Waals surface area contributed by atoms with Gasteiger partial charge in [-0.15, -0.1) is 0 Å². The number of fused-ring (bicyclic) bond motifs is 1. The molecule has 20 heavy (non-hydrogen) atoms. The van der Waals surface area contributed by atoms with E-state index in [2.05, 4.69) is 81.1 Å². The van der Waals surface area contributed by atoms with Gasteiger partial charge in [-0.1, -0.05) is 78.4 Å². The molecule has 3 aromatic carbocycles. The Balaban J connectivity index is 2.36. The Morgan fingerprint density at radius 2 is 1.60 bits per heavy atom. The first-order valence-electron chi connectivity index (χ1n) is 6.91. The molecule has 0 spiro atoms. The van der Waals surface area contributed by atoms with Crippen LogP contribution in [0.3, 0.4) is 0 Å². The van der Waals surface area contributed by atoms with Crippen molar-refractivity contribution in [3.63, 3.8) is 0 Å². The van der Waals surface area contributed by atoms with Crippen LogP contribution in [0.1, 0.15) is 18.1 Å². The highest BCUT2D eigenvalue weighted by molar-refractivity contribution is 5.99. The number of rotatable bonds is 2. The smallest absolute Gasteiger partial charge is 0.00992 e. The molecule has 0 heterocycles. The van der Waals surface area contributed by atoms with Gasteiger partial charge in [-0.2, -0.15) is 0 Å². The molecule has 0 N–H and O–H groups in total. The first-order valence-corrected chi connectivity index (χ1v) is 6.91. The van der Waals surface area contributed by atoms with E-state index in [4.69, 9.17) is 0 Å². The third-order valence-electron chi connectivity index (χ3n) is 3.71. The first kappa shape index (κ1) is 12.7. The molecule has 0 saturated carbocycles. The standard InChI is InChI=1S/C20H18/c1-14(2)17-12-11-15(3)13-20(17)19-10-6-8-16-7-4-5-9-18(16)19/h4-13H,1H2,2-3H3. The lowest BCUT2D eigenvalue weighted by molar-refractivity contribution is 1.44. The molecule has 3 rings (SSSR count). The third-order valence-corrected chi connectivity index (χ3v) is 3.71. The van der Waals surface area contributed by atoms with Crippen molar-refractivity contribution in [1.29, 1.82) is 0 Å². The van der Waals surface area contributed by atoms with Crippen LogP contribution in [0.15, 0.2) is 67.2 Å². The summed E-state index contributed by atoms with van der Waals surface area (Å²) >= 11 is 0. The monoisotopic (exact) mass is 258 g/mol. The van der Waals surface area contributed by atoms with Gasteiger partial charge >= 0.3 is 0 Å². The predicted octanol–water partition coefficient (Wildman–Crippen LogP) is 5.85. The summed E-state index contributed by atoms with van der Waals surface area (Å²) in [5, 5.41) is 2.57. The van der Waals surface area contributed by atoms with Gasteiger partial charge in [0, 0.05) is 0 Å². The Morgan fingerprint density at radius 3 is 2.40 bits per heavy atom. The van der Waals surface area contributed by atoms with E-state index in [1.54, 1.807) is 0 Å². The van der Waals surface area contributed by atoms with Crippen LogP contribution >= 0.6 is 0 Å². The average Bonchev–Trinajstić information content (AvgIpc) is 2.46. The average molecular weight is 258 g/mol. The number of aryl methyl sites for hydroxylation is 1. The Bertz CT molecular complexity index is 789. The minimum Gasteiger partial charge on any atom is -0.0955 e. The molecule has 0 aliphatic rings. The summed E-state index contributed by atoms with van der Waals surface area (Å²) in [4.78, 5) is 0. The predicted molar refractivity (Wildman–Crippen MR) is 88.8 cm³/mol. The van der Waals surface area contributed by atoms with Gasteiger partial charge < -0.3 is 0 Å². The molecule has 3 aromatic rings. The van der Waals surface area contributed by atoms with E-state index in [1.165, 1.54) is 33.0 Å². The molecule has 0 nitrogen and oxygen atoms in total. The summed E-state index contributed by atoms with van der Waals surface area (Å²) in [6, 6.07) is 21.6. The van der Waals surface area contributed by atoms with Crippen LogP contribution < -0.4 is 0 Å². The zero-order chi connectivity index (χ0) is 14.1. The van der Waals surface area contributed by atoms with Crippen molar-refractivity contribution in [2.24, 2.45) is 0 Å². The van der Waals surface area contributed by atoms with Crippen molar-refractivity contribution in [3.05, 3.63) is 78.4 Å². The minimum atomic E-state index is 1.10. The van der Waals surface area contributed by atoms with Crippen molar-refractivity contribution >= 4 is 16.3 Å². The quantitative estimate of drug-likeness (QED) is 0.541. The maximum Gasteiger partial charge on any atom is -0.00992 e. The second-order valence-corrected chi connectivity index (χ2v) is 5.36. The largest absolute Gasteiger partial charge is 0.0955 e. The zero-order valence-electron chi connectivity index (χ0n) is 12.0. The van der Waals surface area contributed by atoms with Crippen LogP contribution in [0, 0.1) is 6.92 Å². The number of hydrogen-bond donors (Lipinski definition) is 0. The van der Waals surface area contributed by atoms with Crippen LogP contribution in [-0.2, 0) is 0 Å². The Morgan fingerprint density at radius 1 is 0.850 bits per heavy atom. The Hall–Kier alpha value is -2.34. The molecule has 0 bridgehead atoms. The molecule has 0 heteroatoms. The molecule has 0 fully saturated rings. The highest BCUT2D eigenvalue weighted by Crippen LogP contribution is 2.34. The fraction of sp³-hybridized carbons (Fsp3) is 0.100. The van der Waals surface area contributed by atoms with E-state index in [0.29, 0.717) is 0 Å². The van der Waals surface area contributed by atoms with Crippen molar-refractivity contribution in [3.8, 4) is 11.1 Å². The summed E-state index contributed by atoms with van der Waals surface area (Å²) < 4.78 is 0. The van der Waals surface area contributed by atoms with Gasteiger partial charge in [0.1, 0.15) is 0 Å². The van der Waals surface area contributed by atoms with Crippen molar-refractivity contribution in [2.75, 3.05) is 0 Å². The summed E-state index contributed by atoms with van der Waals surface area (Å²) in [6.45, 7) is 8.33. The third kappa shape index (κ3) is 2.14. The van der Waals surface area contributed by atoms with Gasteiger partial charge in [0.15, 0.2) is 0 Å². The van der Waals surface area contributed by atoms with E-state index in [9.17, 15) is 0 Å². The van der Waals surface area contributed by atoms with Gasteiger partial charge in [-0.3, -0.25) is 0 Å². The van der Waals surface area contributed by atoms with Crippen molar-refractivity contribution < 1.29 is 0 Å². The summed E-state index contributed by atoms with van der Waals surface area (Å²) in [7, 11) is 0. The zero-order valence-corrected chi connectivity index (χ0v) is 12.0. The van der Waals surface area contributed by atoms with E-state index in [1.807, 2.05) is 0 Å². The van der Waals surface area contributed by atoms with Crippen LogP contribution in [0.25, 0.3) is 27.5 Å². The number of allylic oxidation sites excluding steroid dienone is 1. The van der Waals surface area contributed by atoms with Crippen LogP contribution in [0.2, 0.25) is 0 Å². The second kappa shape index (κ2) is 4.97. The van der Waals surface area contributed by atoms with Gasteiger partial charge in [0.05, 0.1) is 0 Å². The summed E-state index contributed by atoms with van der Waals surface area (Å²) in [5.41, 5.74) is 6.16. The molecule has 0 radical (unpaired) electrons. The highest BCUT2D eigenvalue weighted by atomic mass is 14.1. The van der Waals surface area contributed by atoms with Gasteiger partial charge in [0.2, 0.25) is 0 Å². The Kier molecular flexibility index (Phi) is 3.15. The molecule has 98 valence electrons. The topological polar surface area (TPSA) is 0 Å². The van der Waals surface area contributed by atoms with Crippen LogP contribution in [-0.4, -0.2) is 0 Å². The van der Waals surface area contributed by atoms with Crippen molar-refractivity contribution in [1.82, 2.24) is 0 Å². The van der Waals surface area contributed by atoms with Crippen LogP contribution in [0.5, 0.6) is 0 Å². The van der Waals surface area contributed by atoms with E-state index in [0.717, 1.165) is 5.57 Å². The molecule has 0 atom stereocenters. The van der Waals surface area contributed by atoms with E-state index in [-0.39, 0.29) is 0 Å². The highest BCUT2D eigenvalue weighted by Gasteiger charge is 2.09. The fourth-order valence-corrected chi connectivity index (χ4v) is 2.71. The van der Waals surface area contributed by atoms with Gasteiger partial charge in [0.25, 0.3) is 0 Å². The summed E-state index contributed by atoms with van der Waals surface area (Å²) in [6.07, 6.45) is 0. The lowest BCUT2D eigenvalue weighted by Gasteiger charge is -2.13. The molecule has 0 unspecified atom stereocenters. The molecule has 0 aromatic heterocycles. The number of hydrogen-bond acceptors (Lipinski definition) is 0. The van der Waals surface area contributed by atoms with E-state index >= 15 is 0 Å². The maximum atomic E-state index is 4.12. The SMILES string of the molecule is C=C(C)c1ccc(C)cc1-c1cccc2ccccc12. The van der Waals surface area contributed by atoms with Crippen molar-refractivity contribution in [2.45, 2.75) is 13.8 Å². The molecule has 0 amide bonds. The van der Waals surface area contributed by atoms with E-state index < -0.39 is 0 Å².